The second kappa shape index (κ2) is 6.75. The molecule has 0 bridgehead atoms. The predicted molar refractivity (Wildman–Crippen MR) is 94.2 cm³/mol. The second-order valence-electron chi connectivity index (χ2n) is 5.53. The first-order valence-corrected chi connectivity index (χ1v) is 7.97. The molecule has 2 aromatic rings. The largest absolute Gasteiger partial charge is 0.368 e. The number of hydrogen-bond donors (Lipinski definition) is 1. The quantitative estimate of drug-likeness (QED) is 0.863. The Labute approximate surface area is 136 Å². The van der Waals surface area contributed by atoms with Gasteiger partial charge >= 0.3 is 0 Å². The van der Waals surface area contributed by atoms with Gasteiger partial charge in [-0.25, -0.2) is 4.98 Å². The lowest BCUT2D eigenvalue weighted by Crippen LogP contribution is -2.50. The van der Waals surface area contributed by atoms with E-state index in [0.29, 0.717) is 0 Å². The van der Waals surface area contributed by atoms with Crippen LogP contribution < -0.4 is 15.2 Å². The van der Waals surface area contributed by atoms with Crippen molar-refractivity contribution >= 4 is 28.7 Å². The molecule has 2 N–H and O–H groups in total. The molecule has 4 nitrogen and oxygen atoms in total. The van der Waals surface area contributed by atoms with Crippen molar-refractivity contribution in [3.8, 4) is 0 Å². The van der Waals surface area contributed by atoms with Crippen LogP contribution in [0.1, 0.15) is 5.56 Å². The minimum absolute atomic E-state index is 0.810. The normalized spacial score (nSPS) is 14.8. The van der Waals surface area contributed by atoms with Crippen molar-refractivity contribution in [2.24, 2.45) is 0 Å². The minimum Gasteiger partial charge on any atom is -0.368 e. The van der Waals surface area contributed by atoms with E-state index in [1.807, 2.05) is 12.4 Å². The maximum atomic E-state index is 5.54. The Morgan fingerprint density at radius 1 is 1.00 bits per heavy atom. The first-order chi connectivity index (χ1) is 10.7. The number of nitrogens with zero attached hydrogens (tertiary/aromatic N) is 2. The Balaban J connectivity index is 1.54. The predicted octanol–water partition coefficient (Wildman–Crippen LogP) is 2.33. The lowest BCUT2D eigenvalue weighted by atomic mass is 10.2. The zero-order valence-electron chi connectivity index (χ0n) is 12.7. The molecule has 5 heteroatoms. The Morgan fingerprint density at radius 3 is 2.27 bits per heavy atom. The molecule has 0 amide bonds. The van der Waals surface area contributed by atoms with E-state index in [1.165, 1.54) is 11.3 Å². The summed E-state index contributed by atoms with van der Waals surface area (Å²) in [6.07, 6.45) is 3.93. The number of anilines is 2. The van der Waals surface area contributed by atoms with Crippen LogP contribution in [0, 0.1) is 6.92 Å². The number of benzene rings is 1. The number of rotatable bonds is 2. The lowest BCUT2D eigenvalue weighted by molar-refractivity contribution is -0.377. The number of hydrogen-bond acceptors (Lipinski definition) is 2. The van der Waals surface area contributed by atoms with Gasteiger partial charge in [-0.2, -0.15) is 0 Å². The average molecular weight is 313 g/mol. The van der Waals surface area contributed by atoms with Gasteiger partial charge in [0.2, 0.25) is 0 Å². The highest BCUT2D eigenvalue weighted by Gasteiger charge is 2.19. The molecule has 0 aliphatic carbocycles. The van der Waals surface area contributed by atoms with Crippen LogP contribution in [0.25, 0.3) is 0 Å². The van der Waals surface area contributed by atoms with E-state index in [1.54, 1.807) is 0 Å². The number of aromatic amines is 1. The highest BCUT2D eigenvalue weighted by atomic mass is 32.1. The van der Waals surface area contributed by atoms with Crippen LogP contribution in [0.4, 0.5) is 11.4 Å². The Morgan fingerprint density at radius 2 is 1.64 bits per heavy atom. The fourth-order valence-electron chi connectivity index (χ4n) is 2.60. The minimum atomic E-state index is 0.810. The summed E-state index contributed by atoms with van der Waals surface area (Å²) in [7, 11) is 0. The van der Waals surface area contributed by atoms with Crippen molar-refractivity contribution in [2.45, 2.75) is 6.92 Å². The van der Waals surface area contributed by atoms with Gasteiger partial charge in [-0.1, -0.05) is 17.7 Å². The molecule has 1 aromatic carbocycles. The standard InChI is InChI=1S/C17H20N4S/c1-14-2-4-15(5-3-14)19-17(22)21-12-10-20(11-13-21)16-6-8-18-9-7-16/h2-9H,10-13H2,1H3,(H,19,22)/p+1. The molecule has 1 saturated heterocycles. The summed E-state index contributed by atoms with van der Waals surface area (Å²) in [6.45, 7) is 5.94. The van der Waals surface area contributed by atoms with Gasteiger partial charge in [0.25, 0.3) is 0 Å². The fraction of sp³-hybridized carbons (Fsp3) is 0.294. The van der Waals surface area contributed by atoms with Crippen LogP contribution in [0.3, 0.4) is 0 Å². The van der Waals surface area contributed by atoms with Crippen molar-refractivity contribution in [3.05, 3.63) is 54.4 Å². The van der Waals surface area contributed by atoms with Crippen molar-refractivity contribution in [1.29, 1.82) is 0 Å². The smallest absolute Gasteiger partial charge is 0.173 e. The molecule has 1 aromatic heterocycles. The summed E-state index contributed by atoms with van der Waals surface area (Å²) in [5, 5.41) is 4.14. The summed E-state index contributed by atoms with van der Waals surface area (Å²) in [5.41, 5.74) is 3.57. The molecule has 0 spiro atoms. The summed E-state index contributed by atoms with van der Waals surface area (Å²) >= 11 is 5.54. The second-order valence-corrected chi connectivity index (χ2v) is 5.92. The van der Waals surface area contributed by atoms with Gasteiger partial charge in [-0.05, 0) is 31.3 Å². The average Bonchev–Trinajstić information content (AvgIpc) is 2.58. The van der Waals surface area contributed by atoms with Gasteiger partial charge in [-0.3, -0.25) is 0 Å². The molecule has 0 atom stereocenters. The van der Waals surface area contributed by atoms with Gasteiger partial charge < -0.3 is 15.1 Å². The van der Waals surface area contributed by atoms with E-state index in [-0.39, 0.29) is 0 Å². The number of H-pyrrole nitrogens is 1. The van der Waals surface area contributed by atoms with E-state index < -0.39 is 0 Å². The van der Waals surface area contributed by atoms with Crippen LogP contribution in [0.15, 0.2) is 48.8 Å². The third-order valence-corrected chi connectivity index (χ3v) is 4.30. The summed E-state index contributed by atoms with van der Waals surface area (Å²) < 4.78 is 0. The summed E-state index contributed by atoms with van der Waals surface area (Å²) in [6, 6.07) is 12.5. The van der Waals surface area contributed by atoms with E-state index in [9.17, 15) is 0 Å². The zero-order chi connectivity index (χ0) is 15.4. The topological polar surface area (TPSA) is 32.6 Å². The summed E-state index contributed by atoms with van der Waals surface area (Å²) in [5.74, 6) is 0. The van der Waals surface area contributed by atoms with Crippen molar-refractivity contribution in [3.63, 3.8) is 0 Å². The van der Waals surface area contributed by atoms with Crippen LogP contribution in [-0.2, 0) is 0 Å². The Hall–Kier alpha value is -2.14. The molecular formula is C17H21N4S+. The van der Waals surface area contributed by atoms with E-state index >= 15 is 0 Å². The van der Waals surface area contributed by atoms with E-state index in [0.717, 1.165) is 37.0 Å². The Kier molecular flexibility index (Phi) is 4.53. The van der Waals surface area contributed by atoms with Crippen LogP contribution in [-0.4, -0.2) is 36.2 Å². The molecule has 0 saturated carbocycles. The fourth-order valence-corrected chi connectivity index (χ4v) is 2.90. The number of pyridine rings is 1. The van der Waals surface area contributed by atoms with Crippen molar-refractivity contribution < 1.29 is 4.98 Å². The lowest BCUT2D eigenvalue weighted by Gasteiger charge is -2.37. The monoisotopic (exact) mass is 313 g/mol. The maximum Gasteiger partial charge on any atom is 0.173 e. The number of aromatic nitrogens is 1. The first kappa shape index (κ1) is 14.8. The molecule has 1 fully saturated rings. The zero-order valence-corrected chi connectivity index (χ0v) is 13.6. The van der Waals surface area contributed by atoms with Crippen LogP contribution in [0.2, 0.25) is 0 Å². The number of thiocarbonyl (C=S) groups is 1. The highest BCUT2D eigenvalue weighted by Crippen LogP contribution is 2.15. The van der Waals surface area contributed by atoms with Gasteiger partial charge in [0, 0.05) is 49.7 Å². The molecular weight excluding hydrogens is 292 g/mol. The molecule has 3 rings (SSSR count). The van der Waals surface area contributed by atoms with Gasteiger partial charge in [0.05, 0.1) is 0 Å². The molecule has 0 radical (unpaired) electrons. The van der Waals surface area contributed by atoms with Gasteiger partial charge in [-0.15, -0.1) is 0 Å². The molecule has 1 aliphatic rings. The van der Waals surface area contributed by atoms with Gasteiger partial charge in [0.15, 0.2) is 17.5 Å². The molecule has 2 heterocycles. The SMILES string of the molecule is Cc1ccc(NC(=S)N2CCN(c3cc[nH+]cc3)CC2)cc1. The van der Waals surface area contributed by atoms with E-state index in [2.05, 4.69) is 63.4 Å². The molecule has 1 aliphatic heterocycles. The number of aryl methyl sites for hydroxylation is 1. The highest BCUT2D eigenvalue weighted by molar-refractivity contribution is 7.80. The van der Waals surface area contributed by atoms with Crippen molar-refractivity contribution in [2.75, 3.05) is 36.4 Å². The van der Waals surface area contributed by atoms with E-state index in [4.69, 9.17) is 12.2 Å². The number of nitrogens with one attached hydrogen (secondary N) is 2. The van der Waals surface area contributed by atoms with Crippen LogP contribution in [0.5, 0.6) is 0 Å². The Bertz CT molecular complexity index is 619. The summed E-state index contributed by atoms with van der Waals surface area (Å²) in [4.78, 5) is 7.69. The van der Waals surface area contributed by atoms with Gasteiger partial charge in [0.1, 0.15) is 0 Å². The molecule has 0 unspecified atom stereocenters. The van der Waals surface area contributed by atoms with Crippen molar-refractivity contribution in [1.82, 2.24) is 4.90 Å². The number of piperazine rings is 1. The molecule has 22 heavy (non-hydrogen) atoms. The first-order valence-electron chi connectivity index (χ1n) is 7.56. The maximum absolute atomic E-state index is 5.54. The third kappa shape index (κ3) is 3.54. The van der Waals surface area contributed by atoms with Crippen LogP contribution >= 0.6 is 12.2 Å². The molecule has 114 valence electrons. The third-order valence-electron chi connectivity index (χ3n) is 3.94.